The number of fused-ring (bicyclic) bond motifs is 1. The van der Waals surface area contributed by atoms with Crippen LogP contribution in [0, 0.1) is 5.82 Å². The molecule has 9 heteroatoms. The summed E-state index contributed by atoms with van der Waals surface area (Å²) in [6, 6.07) is 6.59. The van der Waals surface area contributed by atoms with Gasteiger partial charge in [0.1, 0.15) is 5.82 Å². The first-order chi connectivity index (χ1) is 12.2. The molecule has 0 spiro atoms. The number of nitrogens with zero attached hydrogens (tertiary/aromatic N) is 2. The van der Waals surface area contributed by atoms with E-state index in [-0.39, 0.29) is 28.2 Å². The molecule has 0 bridgehead atoms. The van der Waals surface area contributed by atoms with Crippen molar-refractivity contribution in [2.45, 2.75) is 12.7 Å². The molecule has 4 nitrogen and oxygen atoms in total. The summed E-state index contributed by atoms with van der Waals surface area (Å²) in [7, 11) is 1.15. The fourth-order valence-electron chi connectivity index (χ4n) is 2.53. The van der Waals surface area contributed by atoms with Gasteiger partial charge in [-0.05, 0) is 35.9 Å². The average Bonchev–Trinajstić information content (AvgIpc) is 2.94. The van der Waals surface area contributed by atoms with Crippen molar-refractivity contribution in [3.63, 3.8) is 0 Å². The fraction of sp³-hybridized carbons (Fsp3) is 0.176. The van der Waals surface area contributed by atoms with Gasteiger partial charge in [-0.25, -0.2) is 9.18 Å². The third kappa shape index (κ3) is 3.37. The van der Waals surface area contributed by atoms with Gasteiger partial charge in [-0.2, -0.15) is 18.3 Å². The number of hydrogen-bond donors (Lipinski definition) is 0. The van der Waals surface area contributed by atoms with Crippen molar-refractivity contribution in [2.24, 2.45) is 0 Å². The second-order valence-corrected chi connectivity index (χ2v) is 5.87. The van der Waals surface area contributed by atoms with Gasteiger partial charge in [0, 0.05) is 10.4 Å². The van der Waals surface area contributed by atoms with Crippen LogP contribution in [0.4, 0.5) is 17.6 Å². The topological polar surface area (TPSA) is 44.1 Å². The van der Waals surface area contributed by atoms with Crippen molar-refractivity contribution in [2.75, 3.05) is 7.11 Å². The number of carbonyl (C=O) groups excluding carboxylic acids is 1. The Kier molecular flexibility index (Phi) is 4.62. The van der Waals surface area contributed by atoms with Crippen LogP contribution in [0.5, 0.6) is 0 Å². The van der Waals surface area contributed by atoms with Gasteiger partial charge in [0.15, 0.2) is 5.69 Å². The second-order valence-electron chi connectivity index (χ2n) is 5.46. The zero-order chi connectivity index (χ0) is 19.1. The monoisotopic (exact) mass is 386 g/mol. The lowest BCUT2D eigenvalue weighted by Crippen LogP contribution is -2.07. The average molecular weight is 387 g/mol. The molecule has 0 saturated carbocycles. The Morgan fingerprint density at radius 2 is 1.96 bits per heavy atom. The van der Waals surface area contributed by atoms with Crippen LogP contribution >= 0.6 is 11.6 Å². The van der Waals surface area contributed by atoms with Gasteiger partial charge in [0.05, 0.1) is 24.7 Å². The van der Waals surface area contributed by atoms with Crippen LogP contribution < -0.4 is 0 Å². The predicted octanol–water partition coefficient (Wildman–Crippen LogP) is 4.68. The van der Waals surface area contributed by atoms with E-state index in [4.69, 9.17) is 11.6 Å². The molecule has 0 fully saturated rings. The van der Waals surface area contributed by atoms with Crippen LogP contribution in [-0.2, 0) is 17.5 Å². The van der Waals surface area contributed by atoms with E-state index in [0.717, 1.165) is 25.3 Å². The molecule has 0 aliphatic heterocycles. The lowest BCUT2D eigenvalue weighted by atomic mass is 10.1. The number of esters is 1. The molecule has 26 heavy (non-hydrogen) atoms. The number of halogens is 5. The summed E-state index contributed by atoms with van der Waals surface area (Å²) < 4.78 is 58.1. The molecule has 136 valence electrons. The van der Waals surface area contributed by atoms with E-state index in [1.807, 2.05) is 0 Å². The smallest absolute Gasteiger partial charge is 0.416 e. The van der Waals surface area contributed by atoms with Crippen LogP contribution in [0.25, 0.3) is 10.9 Å². The van der Waals surface area contributed by atoms with Crippen molar-refractivity contribution in [3.8, 4) is 0 Å². The lowest BCUT2D eigenvalue weighted by molar-refractivity contribution is -0.137. The normalized spacial score (nSPS) is 11.8. The molecule has 0 radical (unpaired) electrons. The Bertz CT molecular complexity index is 998. The van der Waals surface area contributed by atoms with Crippen LogP contribution in [0.1, 0.15) is 21.6 Å². The Labute approximate surface area is 149 Å². The van der Waals surface area contributed by atoms with E-state index < -0.39 is 23.5 Å². The Hall–Kier alpha value is -2.61. The van der Waals surface area contributed by atoms with Gasteiger partial charge in [0.25, 0.3) is 0 Å². The van der Waals surface area contributed by atoms with Crippen molar-refractivity contribution in [3.05, 3.63) is 64.1 Å². The van der Waals surface area contributed by atoms with E-state index in [2.05, 4.69) is 9.84 Å². The van der Waals surface area contributed by atoms with Gasteiger partial charge in [-0.15, -0.1) is 0 Å². The quantitative estimate of drug-likeness (QED) is 0.485. The number of aromatic nitrogens is 2. The first-order valence-corrected chi connectivity index (χ1v) is 7.68. The van der Waals surface area contributed by atoms with E-state index in [9.17, 15) is 22.4 Å². The van der Waals surface area contributed by atoms with E-state index >= 15 is 0 Å². The molecule has 3 rings (SSSR count). The minimum Gasteiger partial charge on any atom is -0.464 e. The van der Waals surface area contributed by atoms with Crippen LogP contribution in [0.3, 0.4) is 0 Å². The molecule has 1 aromatic heterocycles. The summed E-state index contributed by atoms with van der Waals surface area (Å²) in [6.45, 7) is -0.0477. The molecule has 0 saturated heterocycles. The summed E-state index contributed by atoms with van der Waals surface area (Å²) in [6.07, 6.45) is -4.55. The maximum atomic E-state index is 13.2. The Morgan fingerprint density at radius 3 is 2.58 bits per heavy atom. The maximum Gasteiger partial charge on any atom is 0.416 e. The number of ether oxygens (including phenoxy) is 1. The highest BCUT2D eigenvalue weighted by Crippen LogP contribution is 2.33. The largest absolute Gasteiger partial charge is 0.464 e. The molecular formula is C17H11ClF4N2O2. The van der Waals surface area contributed by atoms with E-state index in [0.29, 0.717) is 5.56 Å². The number of carbonyl (C=O) groups is 1. The van der Waals surface area contributed by atoms with Crippen molar-refractivity contribution in [1.29, 1.82) is 0 Å². The van der Waals surface area contributed by atoms with Crippen LogP contribution in [0.2, 0.25) is 5.02 Å². The number of benzene rings is 2. The third-order valence-corrected chi connectivity index (χ3v) is 4.14. The minimum atomic E-state index is -4.55. The third-order valence-electron chi connectivity index (χ3n) is 3.79. The van der Waals surface area contributed by atoms with Crippen LogP contribution in [0.15, 0.2) is 36.4 Å². The second kappa shape index (κ2) is 6.60. The number of alkyl halides is 3. The van der Waals surface area contributed by atoms with Crippen molar-refractivity contribution >= 4 is 28.5 Å². The zero-order valence-corrected chi connectivity index (χ0v) is 14.0. The first-order valence-electron chi connectivity index (χ1n) is 7.30. The molecule has 0 amide bonds. The molecule has 1 heterocycles. The van der Waals surface area contributed by atoms with Crippen molar-refractivity contribution < 1.29 is 27.1 Å². The molecule has 3 aromatic rings. The molecule has 0 unspecified atom stereocenters. The molecule has 0 N–H and O–H groups in total. The maximum absolute atomic E-state index is 13.2. The Morgan fingerprint density at radius 1 is 1.23 bits per heavy atom. The summed E-state index contributed by atoms with van der Waals surface area (Å²) in [4.78, 5) is 11.9. The van der Waals surface area contributed by atoms with Gasteiger partial charge in [-0.3, -0.25) is 4.68 Å². The van der Waals surface area contributed by atoms with Crippen LogP contribution in [-0.4, -0.2) is 22.9 Å². The first kappa shape index (κ1) is 18.2. The standard InChI is InChI=1S/C17H11ClF4N2O2/c1-26-16(25)15-12-5-3-10(17(20,21)22)6-14(12)24(23-15)8-9-2-4-11(19)7-13(9)18/h2-7H,8H2,1H3. The summed E-state index contributed by atoms with van der Waals surface area (Å²) in [5.74, 6) is -1.32. The highest BCUT2D eigenvalue weighted by Gasteiger charge is 2.31. The summed E-state index contributed by atoms with van der Waals surface area (Å²) >= 11 is 5.98. The molecule has 0 aliphatic rings. The van der Waals surface area contributed by atoms with E-state index in [1.54, 1.807) is 0 Å². The highest BCUT2D eigenvalue weighted by atomic mass is 35.5. The fourth-order valence-corrected chi connectivity index (χ4v) is 2.76. The number of rotatable bonds is 3. The number of methoxy groups -OCH3 is 1. The Balaban J connectivity index is 2.17. The summed E-state index contributed by atoms with van der Waals surface area (Å²) in [5, 5.41) is 4.37. The van der Waals surface area contributed by atoms with Gasteiger partial charge >= 0.3 is 12.1 Å². The summed E-state index contributed by atoms with van der Waals surface area (Å²) in [5.41, 5.74) is -0.478. The van der Waals surface area contributed by atoms with E-state index in [1.165, 1.54) is 22.9 Å². The lowest BCUT2D eigenvalue weighted by Gasteiger charge is -2.09. The predicted molar refractivity (Wildman–Crippen MR) is 86.6 cm³/mol. The molecule has 0 aliphatic carbocycles. The molecule has 0 atom stereocenters. The SMILES string of the molecule is COC(=O)c1nn(Cc2ccc(F)cc2Cl)c2cc(C(F)(F)F)ccc12. The van der Waals surface area contributed by atoms with Gasteiger partial charge < -0.3 is 4.74 Å². The minimum absolute atomic E-state index is 0.0477. The van der Waals surface area contributed by atoms with Crippen molar-refractivity contribution in [1.82, 2.24) is 9.78 Å². The molecular weight excluding hydrogens is 376 g/mol. The number of hydrogen-bond acceptors (Lipinski definition) is 3. The molecule has 2 aromatic carbocycles. The highest BCUT2D eigenvalue weighted by molar-refractivity contribution is 6.31. The van der Waals surface area contributed by atoms with Gasteiger partial charge in [0.2, 0.25) is 0 Å². The zero-order valence-electron chi connectivity index (χ0n) is 13.3. The van der Waals surface area contributed by atoms with Gasteiger partial charge in [-0.1, -0.05) is 17.7 Å².